The molecule has 2 saturated carbocycles. The molecule has 2 aliphatic carbocycles. The third kappa shape index (κ3) is 1.22. The Morgan fingerprint density at radius 1 is 1.19 bits per heavy atom. The molecule has 3 aliphatic rings. The number of fused-ring (bicyclic) bond motifs is 2. The molecule has 0 aromatic rings. The van der Waals surface area contributed by atoms with Gasteiger partial charge in [-0.1, -0.05) is 29.5 Å². The van der Waals surface area contributed by atoms with Crippen LogP contribution >= 0.6 is 22.6 Å². The van der Waals surface area contributed by atoms with Crippen LogP contribution in [0, 0.1) is 17.8 Å². The number of halogens is 3. The van der Waals surface area contributed by atoms with Crippen LogP contribution in [0.5, 0.6) is 0 Å². The lowest BCUT2D eigenvalue weighted by Crippen LogP contribution is -2.70. The van der Waals surface area contributed by atoms with Crippen LogP contribution in [0.2, 0.25) is 0 Å². The van der Waals surface area contributed by atoms with Gasteiger partial charge < -0.3 is 9.47 Å². The van der Waals surface area contributed by atoms with Gasteiger partial charge in [0.15, 0.2) is 5.79 Å². The van der Waals surface area contributed by atoms with Crippen LogP contribution in [0.3, 0.4) is 0 Å². The number of ether oxygens (including phenoxy) is 2. The fourth-order valence-electron chi connectivity index (χ4n) is 3.70. The number of hydrogen-bond acceptors (Lipinski definition) is 2. The molecule has 92 valence electrons. The summed E-state index contributed by atoms with van der Waals surface area (Å²) in [6.45, 7) is 2.94. The van der Waals surface area contributed by atoms with Crippen molar-refractivity contribution in [1.82, 2.24) is 0 Å². The van der Waals surface area contributed by atoms with E-state index in [9.17, 15) is 8.78 Å². The lowest BCUT2D eigenvalue weighted by atomic mass is 9.53. The third-order valence-electron chi connectivity index (χ3n) is 4.46. The van der Waals surface area contributed by atoms with Crippen LogP contribution in [0.1, 0.15) is 19.8 Å². The summed E-state index contributed by atoms with van der Waals surface area (Å²) in [6.07, 6.45) is 1.37. The van der Waals surface area contributed by atoms with Gasteiger partial charge in [0.05, 0.1) is 17.1 Å². The molecule has 5 heteroatoms. The summed E-state index contributed by atoms with van der Waals surface area (Å²) in [5.41, 5.74) is 0. The van der Waals surface area contributed by atoms with Gasteiger partial charge in [0, 0.05) is 17.8 Å². The van der Waals surface area contributed by atoms with Crippen molar-refractivity contribution < 1.29 is 18.3 Å². The zero-order chi connectivity index (χ0) is 11.6. The summed E-state index contributed by atoms with van der Waals surface area (Å²) in [6, 6.07) is 0. The molecule has 1 spiro atoms. The zero-order valence-corrected chi connectivity index (χ0v) is 11.2. The summed E-state index contributed by atoms with van der Waals surface area (Å²) in [5.74, 6) is -4.09. The number of alkyl halides is 3. The summed E-state index contributed by atoms with van der Waals surface area (Å²) in [5, 5.41) is 0. The lowest BCUT2D eigenvalue weighted by Gasteiger charge is -2.61. The van der Waals surface area contributed by atoms with Crippen molar-refractivity contribution in [3.63, 3.8) is 0 Å². The average molecular weight is 344 g/mol. The van der Waals surface area contributed by atoms with Crippen molar-refractivity contribution >= 4 is 22.6 Å². The minimum Gasteiger partial charge on any atom is -0.347 e. The van der Waals surface area contributed by atoms with E-state index in [4.69, 9.17) is 9.47 Å². The molecule has 3 rings (SSSR count). The largest absolute Gasteiger partial charge is 0.347 e. The van der Waals surface area contributed by atoms with Crippen molar-refractivity contribution in [2.75, 3.05) is 13.2 Å². The fourth-order valence-corrected chi connectivity index (χ4v) is 4.47. The van der Waals surface area contributed by atoms with Gasteiger partial charge >= 0.3 is 0 Å². The smallest absolute Gasteiger partial charge is 0.263 e. The SMILES string of the molecule is C[C@@H]1[C@H]2[C@H](CC[C@@H](I)C2(F)F)C12OCCO2. The van der Waals surface area contributed by atoms with Gasteiger partial charge in [0.2, 0.25) is 0 Å². The lowest BCUT2D eigenvalue weighted by molar-refractivity contribution is -0.359. The van der Waals surface area contributed by atoms with Crippen molar-refractivity contribution in [3.8, 4) is 0 Å². The number of rotatable bonds is 0. The van der Waals surface area contributed by atoms with Crippen LogP contribution in [0.25, 0.3) is 0 Å². The first-order valence-corrected chi connectivity index (χ1v) is 7.04. The maximum absolute atomic E-state index is 14.1. The number of hydrogen-bond donors (Lipinski definition) is 0. The van der Waals surface area contributed by atoms with Gasteiger partial charge in [0.25, 0.3) is 5.92 Å². The average Bonchev–Trinajstić information content (AvgIpc) is 2.72. The monoisotopic (exact) mass is 344 g/mol. The molecule has 0 unspecified atom stereocenters. The summed E-state index contributed by atoms with van der Waals surface area (Å²) in [7, 11) is 0. The molecule has 0 amide bonds. The predicted molar refractivity (Wildman–Crippen MR) is 62.8 cm³/mol. The molecule has 0 radical (unpaired) electrons. The Morgan fingerprint density at radius 2 is 1.81 bits per heavy atom. The van der Waals surface area contributed by atoms with E-state index < -0.39 is 21.6 Å². The first-order chi connectivity index (χ1) is 7.50. The second-order valence-electron chi connectivity index (χ2n) is 5.06. The normalized spacial score (nSPS) is 48.8. The molecule has 16 heavy (non-hydrogen) atoms. The maximum atomic E-state index is 14.1. The highest BCUT2D eigenvalue weighted by atomic mass is 127. The van der Waals surface area contributed by atoms with Crippen LogP contribution < -0.4 is 0 Å². The van der Waals surface area contributed by atoms with Gasteiger partial charge in [-0.05, 0) is 12.8 Å². The van der Waals surface area contributed by atoms with E-state index in [1.165, 1.54) is 0 Å². The van der Waals surface area contributed by atoms with Gasteiger partial charge in [-0.15, -0.1) is 0 Å². The summed E-state index contributed by atoms with van der Waals surface area (Å²) in [4.78, 5) is 0. The Balaban J connectivity index is 1.88. The maximum Gasteiger partial charge on any atom is 0.263 e. The van der Waals surface area contributed by atoms with Crippen molar-refractivity contribution in [1.29, 1.82) is 0 Å². The second kappa shape index (κ2) is 3.51. The summed E-state index contributed by atoms with van der Waals surface area (Å²) >= 11 is 1.89. The Kier molecular flexibility index (Phi) is 2.54. The van der Waals surface area contributed by atoms with Gasteiger partial charge in [0.1, 0.15) is 0 Å². The van der Waals surface area contributed by atoms with Crippen molar-refractivity contribution in [3.05, 3.63) is 0 Å². The Bertz CT molecular complexity index is 304. The van der Waals surface area contributed by atoms with Crippen LogP contribution in [0.4, 0.5) is 8.78 Å². The topological polar surface area (TPSA) is 18.5 Å². The van der Waals surface area contributed by atoms with Gasteiger partial charge in [-0.2, -0.15) is 0 Å². The van der Waals surface area contributed by atoms with E-state index in [-0.39, 0.29) is 11.8 Å². The fraction of sp³-hybridized carbons (Fsp3) is 1.00. The van der Waals surface area contributed by atoms with E-state index in [0.29, 0.717) is 19.6 Å². The van der Waals surface area contributed by atoms with Crippen molar-refractivity contribution in [2.24, 2.45) is 17.8 Å². The second-order valence-corrected chi connectivity index (χ2v) is 6.56. The molecule has 1 saturated heterocycles. The minimum atomic E-state index is -2.57. The van der Waals surface area contributed by atoms with Gasteiger partial charge in [-0.25, -0.2) is 8.78 Å². The Hall–Kier alpha value is 0.510. The van der Waals surface area contributed by atoms with E-state index in [1.54, 1.807) is 0 Å². The molecule has 0 aromatic heterocycles. The molecule has 1 aliphatic heterocycles. The first kappa shape index (κ1) is 11.6. The van der Waals surface area contributed by atoms with Crippen molar-refractivity contribution in [2.45, 2.75) is 35.4 Å². The highest BCUT2D eigenvalue weighted by Gasteiger charge is 2.73. The predicted octanol–water partition coefficient (Wildman–Crippen LogP) is 2.84. The van der Waals surface area contributed by atoms with Crippen LogP contribution in [-0.2, 0) is 9.47 Å². The van der Waals surface area contributed by atoms with Gasteiger partial charge in [-0.3, -0.25) is 0 Å². The standard InChI is InChI=1S/C11H15F2IO2/c1-6-9-7(11(6)15-4-5-16-11)2-3-8(14)10(9,12)13/h6-9H,2-5H2,1H3/t6-,7+,8-,9+/m1/s1. The zero-order valence-electron chi connectivity index (χ0n) is 9.09. The van der Waals surface area contributed by atoms with E-state index in [1.807, 2.05) is 29.5 Å². The highest BCUT2D eigenvalue weighted by Crippen LogP contribution is 2.64. The molecule has 2 nitrogen and oxygen atoms in total. The van der Waals surface area contributed by atoms with Crippen LogP contribution in [0.15, 0.2) is 0 Å². The molecule has 0 aromatic carbocycles. The molecular formula is C11H15F2IO2. The van der Waals surface area contributed by atoms with E-state index >= 15 is 0 Å². The molecule has 3 fully saturated rings. The Labute approximate surface area is 107 Å². The molecular weight excluding hydrogens is 329 g/mol. The van der Waals surface area contributed by atoms with E-state index in [2.05, 4.69) is 0 Å². The highest BCUT2D eigenvalue weighted by molar-refractivity contribution is 14.1. The molecule has 0 N–H and O–H groups in total. The quantitative estimate of drug-likeness (QED) is 0.497. The molecule has 0 bridgehead atoms. The minimum absolute atomic E-state index is 0.106. The van der Waals surface area contributed by atoms with E-state index in [0.717, 1.165) is 6.42 Å². The first-order valence-electron chi connectivity index (χ1n) is 5.80. The summed E-state index contributed by atoms with van der Waals surface area (Å²) < 4.78 is 38.8. The molecule has 4 atom stereocenters. The Morgan fingerprint density at radius 3 is 2.44 bits per heavy atom. The van der Waals surface area contributed by atoms with Crippen LogP contribution in [-0.4, -0.2) is 28.8 Å². The third-order valence-corrected chi connectivity index (χ3v) is 5.91. The molecule has 1 heterocycles.